The number of nitrogens with one attached hydrogen (secondary N) is 1. The lowest BCUT2D eigenvalue weighted by atomic mass is 10.2. The third-order valence-electron chi connectivity index (χ3n) is 1.42. The van der Waals surface area contributed by atoms with Crippen LogP contribution in [0.5, 0.6) is 0 Å². The van der Waals surface area contributed by atoms with E-state index in [4.69, 9.17) is 5.73 Å². The van der Waals surface area contributed by atoms with Crippen molar-refractivity contribution in [3.63, 3.8) is 0 Å². The normalized spacial score (nSPS) is 34.8. The van der Waals surface area contributed by atoms with Crippen molar-refractivity contribution >= 4 is 5.91 Å². The summed E-state index contributed by atoms with van der Waals surface area (Å²) in [5, 5.41) is 2.66. The van der Waals surface area contributed by atoms with Gasteiger partial charge in [0.05, 0.1) is 6.04 Å². The van der Waals surface area contributed by atoms with E-state index in [-0.39, 0.29) is 13.0 Å². The topological polar surface area (TPSA) is 55.1 Å². The fourth-order valence-electron chi connectivity index (χ4n) is 0.909. The van der Waals surface area contributed by atoms with E-state index < -0.39 is 18.1 Å². The highest BCUT2D eigenvalue weighted by molar-refractivity contribution is 5.80. The van der Waals surface area contributed by atoms with Gasteiger partial charge < -0.3 is 11.1 Å². The van der Waals surface area contributed by atoms with E-state index in [1.165, 1.54) is 0 Å². The van der Waals surface area contributed by atoms with Gasteiger partial charge in [-0.25, -0.2) is 4.39 Å². The maximum Gasteiger partial charge on any atom is 0.234 e. The zero-order chi connectivity index (χ0) is 6.85. The molecule has 1 amide bonds. The molecule has 1 aliphatic heterocycles. The molecule has 0 aromatic heterocycles. The Balaban J connectivity index is 2.39. The monoisotopic (exact) mass is 132 g/mol. The molecule has 9 heavy (non-hydrogen) atoms. The van der Waals surface area contributed by atoms with E-state index >= 15 is 0 Å². The van der Waals surface area contributed by atoms with Crippen molar-refractivity contribution in [3.8, 4) is 0 Å². The summed E-state index contributed by atoms with van der Waals surface area (Å²) in [5.41, 5.74) is 4.89. The minimum Gasteiger partial charge on any atom is -0.368 e. The predicted octanol–water partition coefficient (Wildman–Crippen LogP) is -0.828. The lowest BCUT2D eigenvalue weighted by molar-refractivity contribution is -0.119. The van der Waals surface area contributed by atoms with E-state index in [0.717, 1.165) is 0 Å². The molecule has 2 atom stereocenters. The van der Waals surface area contributed by atoms with Crippen molar-refractivity contribution in [2.45, 2.75) is 18.6 Å². The highest BCUT2D eigenvalue weighted by Crippen LogP contribution is 2.08. The van der Waals surface area contributed by atoms with Crippen molar-refractivity contribution in [1.82, 2.24) is 5.32 Å². The molecule has 0 radical (unpaired) electrons. The summed E-state index contributed by atoms with van der Waals surface area (Å²) in [7, 11) is 0. The van der Waals surface area contributed by atoms with Crippen LogP contribution in [0.15, 0.2) is 0 Å². The first-order valence-corrected chi connectivity index (χ1v) is 2.87. The van der Waals surface area contributed by atoms with Crippen molar-refractivity contribution < 1.29 is 9.18 Å². The van der Waals surface area contributed by atoms with Gasteiger partial charge in [-0.3, -0.25) is 4.79 Å². The number of primary amides is 1. The van der Waals surface area contributed by atoms with E-state index in [0.29, 0.717) is 0 Å². The number of rotatable bonds is 1. The number of halogens is 1. The van der Waals surface area contributed by atoms with Crippen LogP contribution >= 0.6 is 0 Å². The largest absolute Gasteiger partial charge is 0.368 e. The van der Waals surface area contributed by atoms with Gasteiger partial charge in [-0.2, -0.15) is 0 Å². The summed E-state index contributed by atoms with van der Waals surface area (Å²) in [6, 6.07) is -0.444. The van der Waals surface area contributed by atoms with Gasteiger partial charge in [-0.05, 0) is 0 Å². The number of alkyl halides is 1. The second-order valence-corrected chi connectivity index (χ2v) is 2.20. The fraction of sp³-hybridized carbons (Fsp3) is 0.800. The molecule has 0 unspecified atom stereocenters. The molecule has 1 saturated heterocycles. The summed E-state index contributed by atoms with van der Waals surface area (Å²) in [4.78, 5) is 10.3. The van der Waals surface area contributed by atoms with Crippen LogP contribution in [0.4, 0.5) is 4.39 Å². The lowest BCUT2D eigenvalue weighted by Gasteiger charge is -2.00. The van der Waals surface area contributed by atoms with Crippen LogP contribution in [0.25, 0.3) is 0 Å². The van der Waals surface area contributed by atoms with Crippen molar-refractivity contribution in [1.29, 1.82) is 0 Å². The number of nitrogens with two attached hydrogens (primary N) is 1. The molecule has 3 N–H and O–H groups in total. The summed E-state index contributed by atoms with van der Waals surface area (Å²) in [5.74, 6) is -0.463. The second kappa shape index (κ2) is 2.31. The molecule has 0 saturated carbocycles. The van der Waals surface area contributed by atoms with Gasteiger partial charge in [0.25, 0.3) is 0 Å². The summed E-state index contributed by atoms with van der Waals surface area (Å²) >= 11 is 0. The van der Waals surface area contributed by atoms with Crippen LogP contribution in [0, 0.1) is 0 Å². The lowest BCUT2D eigenvalue weighted by Crippen LogP contribution is -2.36. The average molecular weight is 132 g/mol. The maximum absolute atomic E-state index is 12.3. The summed E-state index contributed by atoms with van der Waals surface area (Å²) < 4.78 is 12.3. The highest BCUT2D eigenvalue weighted by Gasteiger charge is 2.26. The molecule has 1 rings (SSSR count). The standard InChI is InChI=1S/C5H9FN2O/c6-3-1-4(5(7)9)8-2-3/h3-4,8H,1-2H2,(H2,7,9)/t3-,4+/m1/s1. The van der Waals surface area contributed by atoms with E-state index in [1.54, 1.807) is 0 Å². The van der Waals surface area contributed by atoms with Gasteiger partial charge >= 0.3 is 0 Å². The molecule has 4 heteroatoms. The Bertz CT molecular complexity index is 128. The van der Waals surface area contributed by atoms with Crippen LogP contribution in [-0.4, -0.2) is 24.7 Å². The smallest absolute Gasteiger partial charge is 0.234 e. The van der Waals surface area contributed by atoms with Crippen LogP contribution in [0.2, 0.25) is 0 Å². The SMILES string of the molecule is NC(=O)[C@@H]1C[C@@H](F)CN1. The number of amides is 1. The van der Waals surface area contributed by atoms with E-state index in [1.807, 2.05) is 0 Å². The van der Waals surface area contributed by atoms with Crippen molar-refractivity contribution in [3.05, 3.63) is 0 Å². The molecule has 0 aromatic carbocycles. The van der Waals surface area contributed by atoms with Crippen LogP contribution in [-0.2, 0) is 4.79 Å². The Kier molecular flexibility index (Phi) is 1.66. The minimum atomic E-state index is -0.900. The zero-order valence-corrected chi connectivity index (χ0v) is 4.93. The quantitative estimate of drug-likeness (QED) is 0.489. The molecular formula is C5H9FN2O. The summed E-state index contributed by atoms with van der Waals surface area (Å²) in [6.45, 7) is 0.258. The molecule has 0 aromatic rings. The zero-order valence-electron chi connectivity index (χ0n) is 4.93. The van der Waals surface area contributed by atoms with Crippen molar-refractivity contribution in [2.75, 3.05) is 6.54 Å². The molecule has 3 nitrogen and oxygen atoms in total. The number of carbonyl (C=O) groups is 1. The third kappa shape index (κ3) is 1.38. The molecule has 1 aliphatic rings. The average Bonchev–Trinajstić information content (AvgIpc) is 2.14. The minimum absolute atomic E-state index is 0.231. The number of hydrogen-bond acceptors (Lipinski definition) is 2. The molecule has 0 spiro atoms. The van der Waals surface area contributed by atoms with Gasteiger partial charge in [0, 0.05) is 13.0 Å². The van der Waals surface area contributed by atoms with Gasteiger partial charge in [0.1, 0.15) is 6.17 Å². The van der Waals surface area contributed by atoms with Crippen LogP contribution in [0.3, 0.4) is 0 Å². The number of hydrogen-bond donors (Lipinski definition) is 2. The first kappa shape index (κ1) is 6.48. The maximum atomic E-state index is 12.3. The second-order valence-electron chi connectivity index (χ2n) is 2.20. The Labute approximate surface area is 52.4 Å². The molecule has 52 valence electrons. The van der Waals surface area contributed by atoms with Crippen LogP contribution in [0.1, 0.15) is 6.42 Å². The van der Waals surface area contributed by atoms with Crippen LogP contribution < -0.4 is 11.1 Å². The van der Waals surface area contributed by atoms with E-state index in [9.17, 15) is 9.18 Å². The molecule has 0 bridgehead atoms. The highest BCUT2D eigenvalue weighted by atomic mass is 19.1. The summed E-state index contributed by atoms with van der Waals surface area (Å²) in [6.07, 6.45) is -0.669. The molecule has 1 heterocycles. The Morgan fingerprint density at radius 2 is 2.44 bits per heavy atom. The molecule has 0 aliphatic carbocycles. The molecule has 1 fully saturated rings. The first-order chi connectivity index (χ1) is 4.20. The van der Waals surface area contributed by atoms with Gasteiger partial charge in [0.15, 0.2) is 0 Å². The van der Waals surface area contributed by atoms with Crippen molar-refractivity contribution in [2.24, 2.45) is 5.73 Å². The Morgan fingerprint density at radius 1 is 1.78 bits per heavy atom. The third-order valence-corrected chi connectivity index (χ3v) is 1.42. The van der Waals surface area contributed by atoms with Gasteiger partial charge in [-0.15, -0.1) is 0 Å². The molecular weight excluding hydrogens is 123 g/mol. The fourth-order valence-corrected chi connectivity index (χ4v) is 0.909. The van der Waals surface area contributed by atoms with Gasteiger partial charge in [-0.1, -0.05) is 0 Å². The Morgan fingerprint density at radius 3 is 2.67 bits per heavy atom. The predicted molar refractivity (Wildman–Crippen MR) is 30.5 cm³/mol. The first-order valence-electron chi connectivity index (χ1n) is 2.87. The number of carbonyl (C=O) groups excluding carboxylic acids is 1. The Hall–Kier alpha value is -0.640. The van der Waals surface area contributed by atoms with Gasteiger partial charge in [0.2, 0.25) is 5.91 Å². The van der Waals surface area contributed by atoms with E-state index in [2.05, 4.69) is 5.32 Å².